The lowest BCUT2D eigenvalue weighted by Crippen LogP contribution is -2.30. The highest BCUT2D eigenvalue weighted by atomic mass is 31.2. The Morgan fingerprint density at radius 1 is 0.273 bits per heavy atom. The lowest BCUT2D eigenvalue weighted by molar-refractivity contribution is -0.161. The van der Waals surface area contributed by atoms with Crippen LogP contribution in [0.4, 0.5) is 0 Å². The fourth-order valence-corrected chi connectivity index (χ4v) is 13.9. The third kappa shape index (κ3) is 74.1. The molecular weight excluding hydrogens is 1290 g/mol. The van der Waals surface area contributed by atoms with Gasteiger partial charge in [-0.25, -0.2) is 9.13 Å². The van der Waals surface area contributed by atoms with Crippen molar-refractivity contribution in [3.8, 4) is 0 Å². The van der Waals surface area contributed by atoms with Crippen molar-refractivity contribution in [1.29, 1.82) is 0 Å². The Morgan fingerprint density at radius 3 is 0.687 bits per heavy atom. The lowest BCUT2D eigenvalue weighted by atomic mass is 10.0. The SMILES string of the molecule is CCCCCCCCCCCCCCCCCCCCCCCC(=O)O[C@H](COC(=O)CCCCCCCCCCCCCCCCC)COP(=O)(O)OC[C@@H](O)COP(=O)(O)OC[C@@H](COC(=O)CCCCCCCCCCC(C)C)OC(=O)CCCCCCCCCCCC(C)C. The van der Waals surface area contributed by atoms with E-state index in [1.54, 1.807) is 0 Å². The third-order valence-electron chi connectivity index (χ3n) is 18.7. The Bertz CT molecular complexity index is 1910. The number of aliphatic hydroxyl groups excluding tert-OH is 1. The molecule has 0 spiro atoms. The van der Waals surface area contributed by atoms with Gasteiger partial charge in [-0.2, -0.15) is 0 Å². The number of phosphoric acid groups is 2. The Labute approximate surface area is 607 Å². The van der Waals surface area contributed by atoms with Crippen LogP contribution in [0.5, 0.6) is 0 Å². The van der Waals surface area contributed by atoms with Crippen LogP contribution in [0.15, 0.2) is 0 Å². The summed E-state index contributed by atoms with van der Waals surface area (Å²) in [6, 6.07) is 0. The van der Waals surface area contributed by atoms with E-state index < -0.39 is 97.5 Å². The Kier molecular flexibility index (Phi) is 70.3. The van der Waals surface area contributed by atoms with Gasteiger partial charge in [0.05, 0.1) is 26.4 Å². The summed E-state index contributed by atoms with van der Waals surface area (Å²) in [5, 5.41) is 10.6. The molecule has 99 heavy (non-hydrogen) atoms. The van der Waals surface area contributed by atoms with Gasteiger partial charge in [0.25, 0.3) is 0 Å². The number of hydrogen-bond donors (Lipinski definition) is 3. The number of carbonyl (C=O) groups excluding carboxylic acids is 4. The Hall–Kier alpha value is -1.94. The number of hydrogen-bond acceptors (Lipinski definition) is 15. The first-order valence-corrected chi connectivity index (χ1v) is 44.5. The minimum Gasteiger partial charge on any atom is -0.462 e. The molecule has 0 amide bonds. The molecule has 0 radical (unpaired) electrons. The molecule has 0 saturated heterocycles. The highest BCUT2D eigenvalue weighted by Gasteiger charge is 2.30. The van der Waals surface area contributed by atoms with E-state index in [2.05, 4.69) is 41.5 Å². The van der Waals surface area contributed by atoms with Gasteiger partial charge in [0.2, 0.25) is 0 Å². The first kappa shape index (κ1) is 97.1. The van der Waals surface area contributed by atoms with Crippen LogP contribution >= 0.6 is 15.6 Å². The number of esters is 4. The molecule has 0 aliphatic carbocycles. The third-order valence-corrected chi connectivity index (χ3v) is 20.6. The molecule has 0 heterocycles. The van der Waals surface area contributed by atoms with E-state index >= 15 is 0 Å². The van der Waals surface area contributed by atoms with Crippen LogP contribution in [-0.4, -0.2) is 96.7 Å². The summed E-state index contributed by atoms with van der Waals surface area (Å²) in [5.41, 5.74) is 0. The van der Waals surface area contributed by atoms with Gasteiger partial charge in [-0.3, -0.25) is 37.3 Å². The fourth-order valence-electron chi connectivity index (χ4n) is 12.4. The first-order chi connectivity index (χ1) is 47.9. The second-order valence-electron chi connectivity index (χ2n) is 29.8. The minimum atomic E-state index is -4.96. The molecule has 0 fully saturated rings. The topological polar surface area (TPSA) is 237 Å². The average molecular weight is 1450 g/mol. The summed E-state index contributed by atoms with van der Waals surface area (Å²) < 4.78 is 68.7. The van der Waals surface area contributed by atoms with Gasteiger partial charge < -0.3 is 33.8 Å². The molecule has 588 valence electrons. The molecule has 0 bridgehead atoms. The molecule has 2 unspecified atom stereocenters. The van der Waals surface area contributed by atoms with E-state index in [0.717, 1.165) is 102 Å². The van der Waals surface area contributed by atoms with Crippen LogP contribution in [0.2, 0.25) is 0 Å². The highest BCUT2D eigenvalue weighted by Crippen LogP contribution is 2.45. The molecule has 5 atom stereocenters. The standard InChI is InChI=1S/C80H156O17P2/c1-7-9-11-13-15-17-19-21-23-24-25-26-27-28-30-32-34-38-46-52-58-64-79(84)96-75(68-90-77(82)62-56-50-44-37-33-31-29-22-20-18-16-14-12-10-8-2)70-94-98(86,87)92-66-74(81)67-93-99(88,89)95-71-76(69-91-78(83)63-57-51-45-41-40-43-49-55-61-73(5)6)97-80(85)65-59-53-47-39-35-36-42-48-54-60-72(3)4/h72-76,81H,7-71H2,1-6H3,(H,86,87)(H,88,89)/t74-,75-,76-/m1/s1. The summed E-state index contributed by atoms with van der Waals surface area (Å²) in [6.07, 6.45) is 61.2. The zero-order chi connectivity index (χ0) is 72.8. The predicted molar refractivity (Wildman–Crippen MR) is 405 cm³/mol. The van der Waals surface area contributed by atoms with Crippen LogP contribution in [0, 0.1) is 11.8 Å². The number of rotatable bonds is 79. The molecular formula is C80H156O17P2. The Balaban J connectivity index is 5.22. The van der Waals surface area contributed by atoms with E-state index in [-0.39, 0.29) is 25.7 Å². The molecule has 0 rings (SSSR count). The largest absolute Gasteiger partial charge is 0.472 e. The second kappa shape index (κ2) is 71.7. The normalized spacial score (nSPS) is 13.9. The van der Waals surface area contributed by atoms with Crippen LogP contribution in [0.3, 0.4) is 0 Å². The van der Waals surface area contributed by atoms with E-state index in [1.165, 1.54) is 238 Å². The van der Waals surface area contributed by atoms with Gasteiger partial charge in [-0.05, 0) is 37.5 Å². The quantitative estimate of drug-likeness (QED) is 0.0222. The number of aliphatic hydroxyl groups is 1. The molecule has 0 aliphatic heterocycles. The van der Waals surface area contributed by atoms with Gasteiger partial charge in [0.15, 0.2) is 12.2 Å². The van der Waals surface area contributed by atoms with E-state index in [1.807, 2.05) is 0 Å². The van der Waals surface area contributed by atoms with E-state index in [4.69, 9.17) is 37.0 Å². The van der Waals surface area contributed by atoms with Crippen LogP contribution < -0.4 is 0 Å². The zero-order valence-corrected chi connectivity index (χ0v) is 66.6. The first-order valence-electron chi connectivity index (χ1n) is 41.5. The summed E-state index contributed by atoms with van der Waals surface area (Å²) in [6.45, 7) is 9.56. The summed E-state index contributed by atoms with van der Waals surface area (Å²) in [4.78, 5) is 73.0. The number of ether oxygens (including phenoxy) is 4. The maximum Gasteiger partial charge on any atom is 0.472 e. The smallest absolute Gasteiger partial charge is 0.462 e. The molecule has 0 saturated carbocycles. The molecule has 0 aromatic rings. The average Bonchev–Trinajstić information content (AvgIpc) is 0.977. The lowest BCUT2D eigenvalue weighted by Gasteiger charge is -2.21. The highest BCUT2D eigenvalue weighted by molar-refractivity contribution is 7.47. The van der Waals surface area contributed by atoms with Crippen molar-refractivity contribution in [3.05, 3.63) is 0 Å². The van der Waals surface area contributed by atoms with E-state index in [0.29, 0.717) is 25.7 Å². The monoisotopic (exact) mass is 1450 g/mol. The van der Waals surface area contributed by atoms with Crippen molar-refractivity contribution >= 4 is 39.5 Å². The fraction of sp³-hybridized carbons (Fsp3) is 0.950. The van der Waals surface area contributed by atoms with Crippen molar-refractivity contribution in [2.75, 3.05) is 39.6 Å². The van der Waals surface area contributed by atoms with Gasteiger partial charge >= 0.3 is 39.5 Å². The van der Waals surface area contributed by atoms with Gasteiger partial charge in [-0.1, -0.05) is 369 Å². The summed E-state index contributed by atoms with van der Waals surface area (Å²) in [5.74, 6) is -0.649. The van der Waals surface area contributed by atoms with Crippen molar-refractivity contribution in [2.45, 2.75) is 439 Å². The predicted octanol–water partition coefficient (Wildman–Crippen LogP) is 23.9. The van der Waals surface area contributed by atoms with Gasteiger partial charge in [-0.15, -0.1) is 0 Å². The van der Waals surface area contributed by atoms with Crippen molar-refractivity contribution in [1.82, 2.24) is 0 Å². The Morgan fingerprint density at radius 2 is 0.465 bits per heavy atom. The van der Waals surface area contributed by atoms with Crippen LogP contribution in [0.1, 0.15) is 420 Å². The summed E-state index contributed by atoms with van der Waals surface area (Å²) >= 11 is 0. The van der Waals surface area contributed by atoms with Crippen molar-refractivity contribution < 1.29 is 80.2 Å². The van der Waals surface area contributed by atoms with Crippen molar-refractivity contribution in [3.63, 3.8) is 0 Å². The van der Waals surface area contributed by atoms with Crippen molar-refractivity contribution in [2.24, 2.45) is 11.8 Å². The number of phosphoric ester groups is 2. The number of unbranched alkanes of at least 4 members (excludes halogenated alkanes) is 49. The number of carbonyl (C=O) groups is 4. The van der Waals surface area contributed by atoms with Gasteiger partial charge in [0.1, 0.15) is 19.3 Å². The molecule has 3 N–H and O–H groups in total. The molecule has 0 aliphatic rings. The molecule has 19 heteroatoms. The van der Waals surface area contributed by atoms with Crippen LogP contribution in [-0.2, 0) is 65.4 Å². The summed E-state index contributed by atoms with van der Waals surface area (Å²) in [7, 11) is -9.92. The zero-order valence-electron chi connectivity index (χ0n) is 64.8. The molecule has 17 nitrogen and oxygen atoms in total. The minimum absolute atomic E-state index is 0.105. The maximum absolute atomic E-state index is 13.1. The molecule has 0 aromatic carbocycles. The van der Waals surface area contributed by atoms with Gasteiger partial charge in [0, 0.05) is 25.7 Å². The second-order valence-corrected chi connectivity index (χ2v) is 32.7. The maximum atomic E-state index is 13.1. The molecule has 0 aromatic heterocycles. The van der Waals surface area contributed by atoms with E-state index in [9.17, 15) is 43.2 Å². The van der Waals surface area contributed by atoms with Crippen LogP contribution in [0.25, 0.3) is 0 Å².